The van der Waals surface area contributed by atoms with E-state index in [2.05, 4.69) is 42.7 Å². The number of nitrogens with zero attached hydrogens (tertiary/aromatic N) is 3. The Bertz CT molecular complexity index is 1140. The normalized spacial score (nSPS) is 16.1. The second-order valence-corrected chi connectivity index (χ2v) is 8.29. The summed E-state index contributed by atoms with van der Waals surface area (Å²) in [6.45, 7) is 8.76. The monoisotopic (exact) mass is 440 g/mol. The smallest absolute Gasteiger partial charge is 0.172 e. The Hall–Kier alpha value is -3.00. The molecule has 0 aliphatic carbocycles. The van der Waals surface area contributed by atoms with Crippen molar-refractivity contribution in [3.8, 4) is 17.2 Å². The van der Waals surface area contributed by atoms with Gasteiger partial charge in [0.25, 0.3) is 0 Å². The van der Waals surface area contributed by atoms with Crippen molar-refractivity contribution in [3.05, 3.63) is 47.2 Å². The van der Waals surface area contributed by atoms with Crippen molar-refractivity contribution in [3.63, 3.8) is 0 Å². The van der Waals surface area contributed by atoms with Crippen LogP contribution in [0.2, 0.25) is 0 Å². The number of phenolic OH excluding ortho intramolecular Hbond substituents is 2. The maximum absolute atomic E-state index is 10.6. The Balaban J connectivity index is 1.87. The molecule has 1 atom stereocenters. The van der Waals surface area contributed by atoms with Gasteiger partial charge in [-0.15, -0.1) is 0 Å². The molecular weight excluding hydrogens is 412 g/mol. The van der Waals surface area contributed by atoms with Gasteiger partial charge in [0.2, 0.25) is 0 Å². The molecular formula is C23H28N4O3S. The number of anilines is 1. The third kappa shape index (κ3) is 3.65. The summed E-state index contributed by atoms with van der Waals surface area (Å²) in [7, 11) is 0. The van der Waals surface area contributed by atoms with Gasteiger partial charge in [0, 0.05) is 22.7 Å². The van der Waals surface area contributed by atoms with Crippen LogP contribution in [-0.2, 0) is 6.42 Å². The minimum Gasteiger partial charge on any atom is -0.508 e. The van der Waals surface area contributed by atoms with E-state index in [1.165, 1.54) is 6.07 Å². The third-order valence-electron chi connectivity index (χ3n) is 5.57. The molecule has 0 bridgehead atoms. The number of hydrogen-bond acceptors (Lipinski definition) is 7. The lowest BCUT2D eigenvalue weighted by atomic mass is 10.0. The van der Waals surface area contributed by atoms with Gasteiger partial charge in [-0.25, -0.2) is 14.4 Å². The molecule has 0 fully saturated rings. The quantitative estimate of drug-likeness (QED) is 0.392. The molecule has 7 nitrogen and oxygen atoms in total. The number of aromatic hydroxyl groups is 2. The van der Waals surface area contributed by atoms with E-state index in [1.54, 1.807) is 16.8 Å². The number of ether oxygens (including phenoxy) is 1. The van der Waals surface area contributed by atoms with Crippen LogP contribution in [-0.4, -0.2) is 32.6 Å². The molecule has 4 rings (SSSR count). The highest BCUT2D eigenvalue weighted by Crippen LogP contribution is 2.44. The van der Waals surface area contributed by atoms with Crippen LogP contribution in [0.3, 0.4) is 0 Å². The van der Waals surface area contributed by atoms with Crippen molar-refractivity contribution >= 4 is 35.7 Å². The molecule has 2 aromatic carbocycles. The number of aromatic nitrogens is 1. The van der Waals surface area contributed by atoms with E-state index >= 15 is 0 Å². The number of aryl methyl sites for hydroxylation is 1. The molecule has 1 aromatic heterocycles. The van der Waals surface area contributed by atoms with Crippen LogP contribution in [0.1, 0.15) is 56.6 Å². The molecule has 31 heavy (non-hydrogen) atoms. The van der Waals surface area contributed by atoms with E-state index in [0.29, 0.717) is 24.5 Å². The summed E-state index contributed by atoms with van der Waals surface area (Å²) >= 11 is 4.59. The van der Waals surface area contributed by atoms with Crippen LogP contribution in [0.15, 0.2) is 35.3 Å². The molecule has 164 valence electrons. The Morgan fingerprint density at radius 3 is 2.61 bits per heavy atom. The minimum atomic E-state index is -0.526. The number of rotatable bonds is 6. The zero-order valence-electron chi connectivity index (χ0n) is 18.1. The summed E-state index contributed by atoms with van der Waals surface area (Å²) in [5.74, 6) is 1.18. The van der Waals surface area contributed by atoms with Crippen LogP contribution in [0, 0.1) is 0 Å². The number of aromatic amines is 1. The maximum atomic E-state index is 10.6. The number of aliphatic imine (C=N–C) groups is 1. The number of fused-ring (bicyclic) bond motifs is 1. The van der Waals surface area contributed by atoms with Crippen molar-refractivity contribution in [2.24, 2.45) is 4.99 Å². The number of hydrazine groups is 1. The number of phenols is 2. The van der Waals surface area contributed by atoms with Gasteiger partial charge in [0.05, 0.1) is 17.8 Å². The van der Waals surface area contributed by atoms with E-state index in [1.807, 2.05) is 31.0 Å². The van der Waals surface area contributed by atoms with Crippen LogP contribution in [0.25, 0.3) is 10.9 Å². The fourth-order valence-corrected chi connectivity index (χ4v) is 4.18. The summed E-state index contributed by atoms with van der Waals surface area (Å²) in [6, 6.07) is 9.23. The zero-order valence-corrected chi connectivity index (χ0v) is 19.0. The molecule has 1 aliphatic heterocycles. The van der Waals surface area contributed by atoms with Crippen molar-refractivity contribution < 1.29 is 14.9 Å². The number of nitrogens with one attached hydrogen (secondary N) is 1. The largest absolute Gasteiger partial charge is 0.508 e. The number of thiol groups is 1. The van der Waals surface area contributed by atoms with Crippen LogP contribution >= 0.6 is 12.8 Å². The molecule has 0 spiro atoms. The van der Waals surface area contributed by atoms with Crippen molar-refractivity contribution in [2.45, 2.75) is 46.2 Å². The molecule has 0 saturated heterocycles. The number of H-pyrrole nitrogens is 1. The highest BCUT2D eigenvalue weighted by Gasteiger charge is 2.33. The average molecular weight is 441 g/mol. The molecule has 1 aliphatic rings. The first-order chi connectivity index (χ1) is 14.8. The molecule has 0 saturated carbocycles. The number of hydrogen-bond donors (Lipinski definition) is 4. The van der Waals surface area contributed by atoms with E-state index in [0.717, 1.165) is 33.6 Å². The predicted molar refractivity (Wildman–Crippen MR) is 127 cm³/mol. The van der Waals surface area contributed by atoms with E-state index in [-0.39, 0.29) is 11.5 Å². The standard InChI is InChI=1S/C23H28N4O3S/c1-5-14-9-16(20(29)11-19(14)28)23-24-12-26(31)27(23)18-7-8-21(30-6-2)22-15(18)10-17(25-22)13(3)4/h7-13,23,25,28-29,31H,5-6H2,1-4H3. The van der Waals surface area contributed by atoms with Gasteiger partial charge in [0.15, 0.2) is 6.17 Å². The summed E-state index contributed by atoms with van der Waals surface area (Å²) in [4.78, 5) is 8.09. The second-order valence-electron chi connectivity index (χ2n) is 7.88. The van der Waals surface area contributed by atoms with Crippen LogP contribution in [0.5, 0.6) is 17.2 Å². The molecule has 0 radical (unpaired) electrons. The molecule has 3 aromatic rings. The Morgan fingerprint density at radius 2 is 1.94 bits per heavy atom. The van der Waals surface area contributed by atoms with Crippen molar-refractivity contribution in [1.29, 1.82) is 0 Å². The first kappa shape index (κ1) is 21.2. The Morgan fingerprint density at radius 1 is 1.16 bits per heavy atom. The fourth-order valence-electron chi connectivity index (χ4n) is 3.92. The first-order valence-corrected chi connectivity index (χ1v) is 10.9. The minimum absolute atomic E-state index is 0.00963. The molecule has 3 N–H and O–H groups in total. The summed E-state index contributed by atoms with van der Waals surface area (Å²) in [5.41, 5.74) is 4.25. The van der Waals surface area contributed by atoms with Gasteiger partial charge < -0.3 is 19.9 Å². The zero-order chi connectivity index (χ0) is 22.3. The average Bonchev–Trinajstić information content (AvgIpc) is 3.34. The van der Waals surface area contributed by atoms with Crippen molar-refractivity contribution in [1.82, 2.24) is 9.40 Å². The van der Waals surface area contributed by atoms with Gasteiger partial charge in [-0.05, 0) is 61.9 Å². The van der Waals surface area contributed by atoms with E-state index < -0.39 is 6.17 Å². The lowest BCUT2D eigenvalue weighted by Gasteiger charge is -2.31. The number of benzene rings is 2. The lowest BCUT2D eigenvalue weighted by molar-refractivity contribution is 0.343. The molecule has 8 heteroatoms. The highest BCUT2D eigenvalue weighted by atomic mass is 32.1. The van der Waals surface area contributed by atoms with Gasteiger partial charge in [-0.3, -0.25) is 0 Å². The van der Waals surface area contributed by atoms with Crippen LogP contribution < -0.4 is 9.75 Å². The lowest BCUT2D eigenvalue weighted by Crippen LogP contribution is -2.32. The second kappa shape index (κ2) is 8.26. The first-order valence-electron chi connectivity index (χ1n) is 10.5. The molecule has 0 amide bonds. The Labute approximate surface area is 187 Å². The predicted octanol–water partition coefficient (Wildman–Crippen LogP) is 5.27. The third-order valence-corrected chi connectivity index (χ3v) is 5.87. The van der Waals surface area contributed by atoms with E-state index in [4.69, 9.17) is 4.74 Å². The Kier molecular flexibility index (Phi) is 5.66. The summed E-state index contributed by atoms with van der Waals surface area (Å²) in [5, 5.41) is 23.6. The van der Waals surface area contributed by atoms with E-state index in [9.17, 15) is 10.2 Å². The highest BCUT2D eigenvalue weighted by molar-refractivity contribution is 7.78. The van der Waals surface area contributed by atoms with Crippen LogP contribution in [0.4, 0.5) is 5.69 Å². The van der Waals surface area contributed by atoms with Gasteiger partial charge >= 0.3 is 0 Å². The maximum Gasteiger partial charge on any atom is 0.172 e. The van der Waals surface area contributed by atoms with Gasteiger partial charge in [-0.1, -0.05) is 20.8 Å². The van der Waals surface area contributed by atoms with Crippen molar-refractivity contribution in [2.75, 3.05) is 11.6 Å². The molecule has 1 unspecified atom stereocenters. The SMILES string of the molecule is CCOc1ccc(N2C(c3cc(CC)c(O)cc3O)N=CN2S)c2cc(C(C)C)[nH]c12. The van der Waals surface area contributed by atoms with Gasteiger partial charge in [0.1, 0.15) is 23.6 Å². The summed E-state index contributed by atoms with van der Waals surface area (Å²) in [6.07, 6.45) is 1.73. The summed E-state index contributed by atoms with van der Waals surface area (Å²) < 4.78 is 7.46. The topological polar surface area (TPSA) is 84.3 Å². The fraction of sp³-hybridized carbons (Fsp3) is 0.348. The van der Waals surface area contributed by atoms with Gasteiger partial charge in [-0.2, -0.15) is 0 Å². The molecule has 2 heterocycles.